The molecule has 2 heterocycles. The van der Waals surface area contributed by atoms with Crippen molar-refractivity contribution in [1.29, 1.82) is 0 Å². The van der Waals surface area contributed by atoms with E-state index in [2.05, 4.69) is 50.9 Å². The molecule has 3 aromatic rings. The van der Waals surface area contributed by atoms with Crippen molar-refractivity contribution < 1.29 is 9.59 Å². The molecule has 0 bridgehead atoms. The van der Waals surface area contributed by atoms with E-state index in [1.54, 1.807) is 6.92 Å². The van der Waals surface area contributed by atoms with Crippen molar-refractivity contribution in [2.24, 2.45) is 0 Å². The van der Waals surface area contributed by atoms with Gasteiger partial charge < -0.3 is 15.5 Å². The largest absolute Gasteiger partial charge is 0.367 e. The number of amides is 2. The second-order valence-electron chi connectivity index (χ2n) is 7.48. The van der Waals surface area contributed by atoms with E-state index >= 15 is 0 Å². The van der Waals surface area contributed by atoms with E-state index in [0.29, 0.717) is 18.3 Å². The molecule has 3 N–H and O–H groups in total. The van der Waals surface area contributed by atoms with Crippen molar-refractivity contribution in [2.75, 3.05) is 18.0 Å². The molecule has 0 saturated heterocycles. The number of aromatic amines is 1. The van der Waals surface area contributed by atoms with E-state index in [4.69, 9.17) is 0 Å². The van der Waals surface area contributed by atoms with E-state index in [9.17, 15) is 9.59 Å². The number of hydrogen-bond acceptors (Lipinski definition) is 4. The van der Waals surface area contributed by atoms with Gasteiger partial charge in [-0.2, -0.15) is 5.10 Å². The number of anilines is 1. The lowest BCUT2D eigenvalue weighted by atomic mass is 10.1. The summed E-state index contributed by atoms with van der Waals surface area (Å²) in [6, 6.07) is 15.5. The van der Waals surface area contributed by atoms with Crippen LogP contribution in [0.3, 0.4) is 0 Å². The molecule has 1 aromatic heterocycles. The fourth-order valence-electron chi connectivity index (χ4n) is 3.89. The van der Waals surface area contributed by atoms with Gasteiger partial charge >= 0.3 is 0 Å². The topological polar surface area (TPSA) is 90.1 Å². The van der Waals surface area contributed by atoms with Gasteiger partial charge in [-0.15, -0.1) is 0 Å². The molecule has 2 unspecified atom stereocenters. The van der Waals surface area contributed by atoms with Crippen LogP contribution >= 0.6 is 0 Å². The average Bonchev–Trinajstić information content (AvgIpc) is 3.29. The molecule has 7 heteroatoms. The molecule has 150 valence electrons. The van der Waals surface area contributed by atoms with Crippen LogP contribution in [-0.4, -0.2) is 47.2 Å². The number of nitrogens with zero attached hydrogens (tertiary/aromatic N) is 2. The molecule has 29 heavy (non-hydrogen) atoms. The maximum Gasteiger partial charge on any atom is 0.273 e. The van der Waals surface area contributed by atoms with Crippen LogP contribution in [0.1, 0.15) is 29.9 Å². The highest BCUT2D eigenvalue weighted by Gasteiger charge is 2.25. The molecule has 0 saturated carbocycles. The van der Waals surface area contributed by atoms with E-state index in [1.165, 1.54) is 11.3 Å². The maximum atomic E-state index is 12.5. The fourth-order valence-corrected chi connectivity index (χ4v) is 3.89. The normalized spacial score (nSPS) is 16.5. The van der Waals surface area contributed by atoms with Gasteiger partial charge in [0.2, 0.25) is 5.91 Å². The molecule has 2 atom stereocenters. The molecule has 0 spiro atoms. The highest BCUT2D eigenvalue weighted by Crippen LogP contribution is 2.31. The SMILES string of the molecule is CC(NC(=O)c1n[nH]c2ccccc12)C(=O)NCCN1c2ccccc2CC1C. The Morgan fingerprint density at radius 3 is 2.83 bits per heavy atom. The van der Waals surface area contributed by atoms with Crippen LogP contribution in [0.5, 0.6) is 0 Å². The zero-order chi connectivity index (χ0) is 20.4. The molecule has 1 aliphatic rings. The van der Waals surface area contributed by atoms with E-state index in [1.807, 2.05) is 30.3 Å². The molecule has 0 aliphatic carbocycles. The van der Waals surface area contributed by atoms with Gasteiger partial charge in [0.1, 0.15) is 6.04 Å². The minimum absolute atomic E-state index is 0.210. The van der Waals surface area contributed by atoms with Crippen LogP contribution < -0.4 is 15.5 Å². The third-order valence-electron chi connectivity index (χ3n) is 5.43. The maximum absolute atomic E-state index is 12.5. The zero-order valence-corrected chi connectivity index (χ0v) is 16.6. The van der Waals surface area contributed by atoms with Gasteiger partial charge in [-0.1, -0.05) is 36.4 Å². The minimum Gasteiger partial charge on any atom is -0.367 e. The van der Waals surface area contributed by atoms with Crippen molar-refractivity contribution in [3.63, 3.8) is 0 Å². The molecule has 0 fully saturated rings. The van der Waals surface area contributed by atoms with Gasteiger partial charge in [-0.05, 0) is 38.0 Å². The van der Waals surface area contributed by atoms with Gasteiger partial charge in [0.15, 0.2) is 5.69 Å². The van der Waals surface area contributed by atoms with Gasteiger partial charge in [-0.3, -0.25) is 14.7 Å². The number of aromatic nitrogens is 2. The third kappa shape index (κ3) is 3.81. The number of benzene rings is 2. The Hall–Kier alpha value is -3.35. The number of carbonyl (C=O) groups excluding carboxylic acids is 2. The highest BCUT2D eigenvalue weighted by molar-refractivity contribution is 6.05. The van der Waals surface area contributed by atoms with Gasteiger partial charge in [0, 0.05) is 30.2 Å². The lowest BCUT2D eigenvalue weighted by molar-refractivity contribution is -0.122. The quantitative estimate of drug-likeness (QED) is 0.601. The number of H-pyrrole nitrogens is 1. The monoisotopic (exact) mass is 391 g/mol. The van der Waals surface area contributed by atoms with Crippen LogP contribution in [0.25, 0.3) is 10.9 Å². The summed E-state index contributed by atoms with van der Waals surface area (Å²) in [7, 11) is 0. The molecular weight excluding hydrogens is 366 g/mol. The fraction of sp³-hybridized carbons (Fsp3) is 0.318. The smallest absolute Gasteiger partial charge is 0.273 e. The average molecular weight is 391 g/mol. The van der Waals surface area contributed by atoms with Crippen LogP contribution in [0.4, 0.5) is 5.69 Å². The van der Waals surface area contributed by atoms with Crippen LogP contribution in [0.15, 0.2) is 48.5 Å². The number of nitrogens with one attached hydrogen (secondary N) is 3. The second kappa shape index (κ2) is 7.95. The number of rotatable bonds is 6. The molecule has 2 aromatic carbocycles. The van der Waals surface area contributed by atoms with E-state index < -0.39 is 6.04 Å². The molecule has 0 radical (unpaired) electrons. The van der Waals surface area contributed by atoms with E-state index in [-0.39, 0.29) is 11.8 Å². The summed E-state index contributed by atoms with van der Waals surface area (Å²) in [5.74, 6) is -0.578. The summed E-state index contributed by atoms with van der Waals surface area (Å²) in [6.07, 6.45) is 1.02. The van der Waals surface area contributed by atoms with E-state index in [0.717, 1.165) is 23.9 Å². The van der Waals surface area contributed by atoms with Gasteiger partial charge in [-0.25, -0.2) is 0 Å². The summed E-state index contributed by atoms with van der Waals surface area (Å²) in [5, 5.41) is 13.3. The summed E-state index contributed by atoms with van der Waals surface area (Å²) in [5.41, 5.74) is 3.66. The molecule has 4 rings (SSSR count). The summed E-state index contributed by atoms with van der Waals surface area (Å²) >= 11 is 0. The summed E-state index contributed by atoms with van der Waals surface area (Å²) in [4.78, 5) is 27.3. The van der Waals surface area contributed by atoms with Crippen molar-refractivity contribution in [3.8, 4) is 0 Å². The first-order chi connectivity index (χ1) is 14.0. The van der Waals surface area contributed by atoms with Crippen LogP contribution in [0.2, 0.25) is 0 Å². The molecule has 2 amide bonds. The second-order valence-corrected chi connectivity index (χ2v) is 7.48. The predicted molar refractivity (Wildman–Crippen MR) is 113 cm³/mol. The lowest BCUT2D eigenvalue weighted by Crippen LogP contribution is -2.47. The Labute approximate surface area is 169 Å². The van der Waals surface area contributed by atoms with Crippen molar-refractivity contribution in [3.05, 3.63) is 59.8 Å². The van der Waals surface area contributed by atoms with Gasteiger partial charge in [0.05, 0.1) is 5.52 Å². The summed E-state index contributed by atoms with van der Waals surface area (Å²) < 4.78 is 0. The van der Waals surface area contributed by atoms with Crippen LogP contribution in [-0.2, 0) is 11.2 Å². The standard InChI is InChI=1S/C22H25N5O2/c1-14-13-16-7-3-6-10-19(16)27(14)12-11-23-21(28)15(2)24-22(29)20-17-8-4-5-9-18(17)25-26-20/h3-10,14-15H,11-13H2,1-2H3,(H,23,28)(H,24,29)(H,25,26). The van der Waals surface area contributed by atoms with Crippen LogP contribution in [0, 0.1) is 0 Å². The first-order valence-electron chi connectivity index (χ1n) is 9.91. The Morgan fingerprint density at radius 1 is 1.21 bits per heavy atom. The Bertz CT molecular complexity index is 1040. The van der Waals surface area contributed by atoms with Crippen molar-refractivity contribution in [2.45, 2.75) is 32.4 Å². The number of carbonyl (C=O) groups is 2. The van der Waals surface area contributed by atoms with Gasteiger partial charge in [0.25, 0.3) is 5.91 Å². The Morgan fingerprint density at radius 2 is 1.97 bits per heavy atom. The zero-order valence-electron chi connectivity index (χ0n) is 16.6. The predicted octanol–water partition coefficient (Wildman–Crippen LogP) is 2.25. The lowest BCUT2D eigenvalue weighted by Gasteiger charge is -2.25. The number of fused-ring (bicyclic) bond motifs is 2. The first kappa shape index (κ1) is 19.0. The number of hydrogen-bond donors (Lipinski definition) is 3. The first-order valence-corrected chi connectivity index (χ1v) is 9.91. The van der Waals surface area contributed by atoms with Crippen molar-refractivity contribution >= 4 is 28.4 Å². The summed E-state index contributed by atoms with van der Waals surface area (Å²) in [6.45, 7) is 5.12. The number of para-hydroxylation sites is 2. The molecule has 7 nitrogen and oxygen atoms in total. The Kier molecular flexibility index (Phi) is 5.20. The Balaban J connectivity index is 1.30. The molecule has 1 aliphatic heterocycles. The molecular formula is C22H25N5O2. The highest BCUT2D eigenvalue weighted by atomic mass is 16.2. The third-order valence-corrected chi connectivity index (χ3v) is 5.43. The minimum atomic E-state index is -0.652. The van der Waals surface area contributed by atoms with Crippen molar-refractivity contribution in [1.82, 2.24) is 20.8 Å².